The van der Waals surface area contributed by atoms with Crippen molar-refractivity contribution in [2.24, 2.45) is 5.92 Å². The van der Waals surface area contributed by atoms with E-state index in [-0.39, 0.29) is 5.82 Å². The second-order valence-corrected chi connectivity index (χ2v) is 7.65. The first-order valence-corrected chi connectivity index (χ1v) is 10.3. The summed E-state index contributed by atoms with van der Waals surface area (Å²) in [6.45, 7) is 6.68. The van der Waals surface area contributed by atoms with Crippen molar-refractivity contribution in [1.82, 2.24) is 0 Å². The van der Waals surface area contributed by atoms with Crippen molar-refractivity contribution < 1.29 is 9.13 Å². The lowest BCUT2D eigenvalue weighted by Gasteiger charge is -2.28. The Balaban J connectivity index is 1.62. The van der Waals surface area contributed by atoms with Crippen LogP contribution in [0, 0.1) is 11.7 Å². The quantitative estimate of drug-likeness (QED) is 0.446. The molecule has 27 heavy (non-hydrogen) atoms. The van der Waals surface area contributed by atoms with Gasteiger partial charge >= 0.3 is 0 Å². The van der Waals surface area contributed by atoms with Gasteiger partial charge in [0.1, 0.15) is 5.82 Å². The van der Waals surface area contributed by atoms with Crippen molar-refractivity contribution >= 4 is 0 Å². The maximum atomic E-state index is 14.3. The summed E-state index contributed by atoms with van der Waals surface area (Å²) in [6, 6.07) is 14.2. The Morgan fingerprint density at radius 3 is 2.37 bits per heavy atom. The van der Waals surface area contributed by atoms with E-state index < -0.39 is 0 Å². The third-order valence-corrected chi connectivity index (χ3v) is 5.86. The molecule has 0 atom stereocenters. The van der Waals surface area contributed by atoms with Crippen molar-refractivity contribution in [3.63, 3.8) is 0 Å². The zero-order valence-corrected chi connectivity index (χ0v) is 16.4. The van der Waals surface area contributed by atoms with Gasteiger partial charge < -0.3 is 4.74 Å². The van der Waals surface area contributed by atoms with Crippen LogP contribution in [0.5, 0.6) is 0 Å². The lowest BCUT2D eigenvalue weighted by molar-refractivity contribution is 0.131. The number of hydrogen-bond acceptors (Lipinski definition) is 1. The Kier molecular flexibility index (Phi) is 7.23. The van der Waals surface area contributed by atoms with Gasteiger partial charge in [0.25, 0.3) is 0 Å². The van der Waals surface area contributed by atoms with Gasteiger partial charge in [-0.05, 0) is 80.0 Å². The van der Waals surface area contributed by atoms with E-state index >= 15 is 0 Å². The fourth-order valence-electron chi connectivity index (χ4n) is 4.14. The van der Waals surface area contributed by atoms with E-state index in [0.717, 1.165) is 23.5 Å². The molecule has 0 amide bonds. The van der Waals surface area contributed by atoms with Crippen LogP contribution in [0.3, 0.4) is 0 Å². The highest BCUT2D eigenvalue weighted by Crippen LogP contribution is 2.38. The molecule has 1 aliphatic carbocycles. The molecule has 0 aromatic heterocycles. The highest BCUT2D eigenvalue weighted by Gasteiger charge is 2.21. The summed E-state index contributed by atoms with van der Waals surface area (Å²) in [5, 5.41) is 0. The fraction of sp³-hybridized carbons (Fsp3) is 0.440. The second-order valence-electron chi connectivity index (χ2n) is 7.65. The third-order valence-electron chi connectivity index (χ3n) is 5.86. The number of ether oxygens (including phenoxy) is 1. The van der Waals surface area contributed by atoms with Gasteiger partial charge in [-0.15, -0.1) is 6.58 Å². The van der Waals surface area contributed by atoms with Crippen LogP contribution in [0.1, 0.15) is 62.5 Å². The van der Waals surface area contributed by atoms with E-state index in [2.05, 4.69) is 30.8 Å². The summed E-state index contributed by atoms with van der Waals surface area (Å²) in [6.07, 6.45) is 9.68. The summed E-state index contributed by atoms with van der Waals surface area (Å²) in [5.74, 6) is 1.35. The van der Waals surface area contributed by atoms with E-state index in [9.17, 15) is 4.39 Å². The van der Waals surface area contributed by atoms with Crippen LogP contribution in [0.25, 0.3) is 11.1 Å². The Hall–Kier alpha value is -1.93. The molecule has 1 fully saturated rings. The first-order valence-electron chi connectivity index (χ1n) is 10.3. The SMILES string of the molecule is C=CCC[C@H]1CC[C@H](c2ccc(-c3ccc(COCC)c(F)c3)cc2)CC1. The average Bonchev–Trinajstić information content (AvgIpc) is 2.72. The topological polar surface area (TPSA) is 9.23 Å². The molecule has 0 unspecified atom stereocenters. The highest BCUT2D eigenvalue weighted by atomic mass is 19.1. The summed E-state index contributed by atoms with van der Waals surface area (Å²) in [5.41, 5.74) is 4.03. The van der Waals surface area contributed by atoms with E-state index in [1.165, 1.54) is 37.7 Å². The Labute approximate surface area is 163 Å². The van der Waals surface area contributed by atoms with Crippen LogP contribution in [0.15, 0.2) is 55.1 Å². The number of halogens is 1. The van der Waals surface area contributed by atoms with Crippen LogP contribution < -0.4 is 0 Å². The minimum atomic E-state index is -0.192. The Bertz CT molecular complexity index is 726. The van der Waals surface area contributed by atoms with Crippen molar-refractivity contribution in [2.45, 2.75) is 58.0 Å². The molecule has 144 valence electrons. The normalized spacial score (nSPS) is 19.8. The van der Waals surface area contributed by atoms with Gasteiger partial charge in [0.05, 0.1) is 6.61 Å². The maximum absolute atomic E-state index is 14.3. The molecule has 2 aromatic carbocycles. The van der Waals surface area contributed by atoms with Gasteiger partial charge in [-0.25, -0.2) is 4.39 Å². The zero-order valence-electron chi connectivity index (χ0n) is 16.4. The number of allylic oxidation sites excluding steroid dienone is 1. The standard InChI is InChI=1S/C25H31FO/c1-3-5-6-19-7-9-20(10-8-19)21-11-13-22(14-12-21)23-15-16-24(18-27-4-2)25(26)17-23/h3,11-17,19-20H,1,4-10,18H2,2H3/t19-,20-. The average molecular weight is 367 g/mol. The molecule has 1 saturated carbocycles. The minimum Gasteiger partial charge on any atom is -0.377 e. The van der Waals surface area contributed by atoms with Gasteiger partial charge in [-0.2, -0.15) is 0 Å². The fourth-order valence-corrected chi connectivity index (χ4v) is 4.14. The summed E-state index contributed by atoms with van der Waals surface area (Å²) in [4.78, 5) is 0. The molecule has 0 aliphatic heterocycles. The molecule has 0 radical (unpaired) electrons. The van der Waals surface area contributed by atoms with Crippen molar-refractivity contribution in [1.29, 1.82) is 0 Å². The molecule has 1 nitrogen and oxygen atoms in total. The second kappa shape index (κ2) is 9.85. The van der Waals surface area contributed by atoms with Crippen LogP contribution in [0.4, 0.5) is 4.39 Å². The van der Waals surface area contributed by atoms with Crippen LogP contribution >= 0.6 is 0 Å². The predicted molar refractivity (Wildman–Crippen MR) is 111 cm³/mol. The van der Waals surface area contributed by atoms with E-state index in [1.807, 2.05) is 25.1 Å². The molecular weight excluding hydrogens is 335 g/mol. The van der Waals surface area contributed by atoms with Crippen molar-refractivity contribution in [2.75, 3.05) is 6.61 Å². The van der Waals surface area contributed by atoms with Gasteiger partial charge in [0, 0.05) is 12.2 Å². The van der Waals surface area contributed by atoms with Crippen LogP contribution in [-0.4, -0.2) is 6.61 Å². The summed E-state index contributed by atoms with van der Waals surface area (Å²) < 4.78 is 19.6. The molecule has 0 spiro atoms. The minimum absolute atomic E-state index is 0.192. The Morgan fingerprint density at radius 1 is 1.04 bits per heavy atom. The highest BCUT2D eigenvalue weighted by molar-refractivity contribution is 5.64. The maximum Gasteiger partial charge on any atom is 0.129 e. The van der Waals surface area contributed by atoms with Gasteiger partial charge in [0.2, 0.25) is 0 Å². The van der Waals surface area contributed by atoms with Crippen molar-refractivity contribution in [3.8, 4) is 11.1 Å². The van der Waals surface area contributed by atoms with Gasteiger partial charge in [0.15, 0.2) is 0 Å². The van der Waals surface area contributed by atoms with Crippen molar-refractivity contribution in [3.05, 3.63) is 72.1 Å². The van der Waals surface area contributed by atoms with Gasteiger partial charge in [-0.3, -0.25) is 0 Å². The lowest BCUT2D eigenvalue weighted by Crippen LogP contribution is -2.13. The molecular formula is C25H31FO. The smallest absolute Gasteiger partial charge is 0.129 e. The third kappa shape index (κ3) is 5.29. The molecule has 0 N–H and O–H groups in total. The predicted octanol–water partition coefficient (Wildman–Crippen LogP) is 7.27. The van der Waals surface area contributed by atoms with E-state index in [0.29, 0.717) is 24.7 Å². The largest absolute Gasteiger partial charge is 0.377 e. The zero-order chi connectivity index (χ0) is 19.1. The molecule has 2 heteroatoms. The lowest BCUT2D eigenvalue weighted by atomic mass is 9.77. The summed E-state index contributed by atoms with van der Waals surface area (Å²) in [7, 11) is 0. The first-order chi connectivity index (χ1) is 13.2. The number of benzene rings is 2. The molecule has 1 aliphatic rings. The molecule has 3 rings (SSSR count). The molecule has 0 bridgehead atoms. The summed E-state index contributed by atoms with van der Waals surface area (Å²) >= 11 is 0. The molecule has 0 heterocycles. The monoisotopic (exact) mass is 366 g/mol. The number of hydrogen-bond donors (Lipinski definition) is 0. The van der Waals surface area contributed by atoms with Gasteiger partial charge in [-0.1, -0.05) is 42.5 Å². The molecule has 0 saturated heterocycles. The first kappa shape index (κ1) is 19.8. The van der Waals surface area contributed by atoms with Crippen LogP contribution in [0.2, 0.25) is 0 Å². The van der Waals surface area contributed by atoms with E-state index in [1.54, 1.807) is 6.07 Å². The Morgan fingerprint density at radius 2 is 1.74 bits per heavy atom. The van der Waals surface area contributed by atoms with Crippen LogP contribution in [-0.2, 0) is 11.3 Å². The molecule has 2 aromatic rings. The van der Waals surface area contributed by atoms with E-state index in [4.69, 9.17) is 4.74 Å². The number of rotatable bonds is 8.